The highest BCUT2D eigenvalue weighted by Gasteiger charge is 2.33. The van der Waals surface area contributed by atoms with Gasteiger partial charge in [0.2, 0.25) is 0 Å². The van der Waals surface area contributed by atoms with E-state index >= 15 is 0 Å². The number of hydrogen-bond donors (Lipinski definition) is 0. The van der Waals surface area contributed by atoms with Crippen LogP contribution in [0.4, 0.5) is 0 Å². The molecule has 2 aliphatic rings. The van der Waals surface area contributed by atoms with Crippen LogP contribution in [-0.4, -0.2) is 24.4 Å². The normalized spacial score (nSPS) is 21.3. The number of oxime groups is 1. The van der Waals surface area contributed by atoms with Crippen molar-refractivity contribution in [1.82, 2.24) is 4.98 Å². The summed E-state index contributed by atoms with van der Waals surface area (Å²) in [6.07, 6.45) is 4.28. The molecule has 0 saturated heterocycles. The van der Waals surface area contributed by atoms with E-state index < -0.39 is 0 Å². The number of fused-ring (bicyclic) bond motifs is 1. The van der Waals surface area contributed by atoms with Crippen LogP contribution >= 0.6 is 0 Å². The van der Waals surface area contributed by atoms with Gasteiger partial charge in [-0.15, -0.1) is 0 Å². The van der Waals surface area contributed by atoms with E-state index in [1.165, 1.54) is 12.8 Å². The molecule has 1 saturated carbocycles. The largest absolute Gasteiger partial charge is 0.485 e. The minimum Gasteiger partial charge on any atom is -0.485 e. The highest BCUT2D eigenvalue weighted by Crippen LogP contribution is 2.45. The smallest absolute Gasteiger partial charge is 0.150 e. The van der Waals surface area contributed by atoms with Crippen LogP contribution in [0.5, 0.6) is 5.75 Å². The van der Waals surface area contributed by atoms with Crippen LogP contribution < -0.4 is 4.74 Å². The second-order valence-electron chi connectivity index (χ2n) is 3.86. The molecule has 0 amide bonds. The Hall–Kier alpha value is -1.58. The molecule has 0 bridgehead atoms. The van der Waals surface area contributed by atoms with Crippen LogP contribution in [0.2, 0.25) is 0 Å². The first-order valence-electron chi connectivity index (χ1n) is 5.12. The first kappa shape index (κ1) is 8.71. The fourth-order valence-corrected chi connectivity index (χ4v) is 1.89. The maximum absolute atomic E-state index is 5.62. The summed E-state index contributed by atoms with van der Waals surface area (Å²) in [6, 6.07) is 1.94. The Bertz CT molecular complexity index is 425. The van der Waals surface area contributed by atoms with Crippen molar-refractivity contribution in [2.45, 2.75) is 18.8 Å². The molecule has 78 valence electrons. The second-order valence-corrected chi connectivity index (χ2v) is 3.86. The Morgan fingerprint density at radius 3 is 3.13 bits per heavy atom. The van der Waals surface area contributed by atoms with E-state index in [9.17, 15) is 0 Å². The van der Waals surface area contributed by atoms with Crippen LogP contribution in [0.25, 0.3) is 0 Å². The summed E-state index contributed by atoms with van der Waals surface area (Å²) in [5.41, 5.74) is 2.99. The quantitative estimate of drug-likeness (QED) is 0.689. The maximum atomic E-state index is 5.62. The molecule has 1 aliphatic carbocycles. The molecule has 3 rings (SSSR count). The Kier molecular flexibility index (Phi) is 1.87. The van der Waals surface area contributed by atoms with Crippen molar-refractivity contribution in [3.05, 3.63) is 23.5 Å². The van der Waals surface area contributed by atoms with Gasteiger partial charge in [0.15, 0.2) is 5.75 Å². The Morgan fingerprint density at radius 1 is 1.53 bits per heavy atom. The Labute approximate surface area is 87.9 Å². The van der Waals surface area contributed by atoms with Gasteiger partial charge in [-0.05, 0) is 18.9 Å². The third kappa shape index (κ3) is 1.37. The average Bonchev–Trinajstić information content (AvgIpc) is 3.02. The van der Waals surface area contributed by atoms with E-state index in [0.29, 0.717) is 12.5 Å². The monoisotopic (exact) mass is 204 g/mol. The van der Waals surface area contributed by atoms with E-state index in [0.717, 1.165) is 22.7 Å². The van der Waals surface area contributed by atoms with Crippen molar-refractivity contribution in [1.29, 1.82) is 0 Å². The summed E-state index contributed by atoms with van der Waals surface area (Å²) in [6.45, 7) is 0.495. The van der Waals surface area contributed by atoms with Gasteiger partial charge >= 0.3 is 0 Å². The summed E-state index contributed by atoms with van der Waals surface area (Å²) in [4.78, 5) is 9.17. The third-order valence-corrected chi connectivity index (χ3v) is 2.76. The zero-order valence-electron chi connectivity index (χ0n) is 8.56. The van der Waals surface area contributed by atoms with Gasteiger partial charge in [-0.2, -0.15) is 0 Å². The summed E-state index contributed by atoms with van der Waals surface area (Å²) in [5.74, 6) is 1.51. The van der Waals surface area contributed by atoms with E-state index in [2.05, 4.69) is 10.1 Å². The second kappa shape index (κ2) is 3.22. The molecular weight excluding hydrogens is 192 g/mol. The van der Waals surface area contributed by atoms with Gasteiger partial charge in [0.25, 0.3) is 0 Å². The molecule has 0 N–H and O–H groups in total. The number of pyridine rings is 1. The predicted octanol–water partition coefficient (Wildman–Crippen LogP) is 1.70. The number of rotatable bonds is 2. The Balaban J connectivity index is 2.06. The number of hydrogen-bond acceptors (Lipinski definition) is 4. The van der Waals surface area contributed by atoms with E-state index in [-0.39, 0.29) is 0 Å². The molecule has 0 radical (unpaired) electrons. The Morgan fingerprint density at radius 2 is 2.40 bits per heavy atom. The molecule has 4 nitrogen and oxygen atoms in total. The van der Waals surface area contributed by atoms with Crippen molar-refractivity contribution in [3.63, 3.8) is 0 Å². The first-order valence-corrected chi connectivity index (χ1v) is 5.12. The lowest BCUT2D eigenvalue weighted by molar-refractivity contribution is 0.211. The lowest BCUT2D eigenvalue weighted by Gasteiger charge is -2.03. The summed E-state index contributed by atoms with van der Waals surface area (Å²) < 4.78 is 5.62. The van der Waals surface area contributed by atoms with Crippen molar-refractivity contribution in [2.24, 2.45) is 5.16 Å². The van der Waals surface area contributed by atoms with Gasteiger partial charge in [0.1, 0.15) is 19.4 Å². The fraction of sp³-hybridized carbons (Fsp3) is 0.455. The minimum absolute atomic E-state index is 0.495. The van der Waals surface area contributed by atoms with Gasteiger partial charge < -0.3 is 9.57 Å². The molecule has 0 atom stereocenters. The lowest BCUT2D eigenvalue weighted by Crippen LogP contribution is -2.02. The standard InChI is InChI=1S/C11H12N2O2/c1-14-13-9-6-15-11-8(9)4-5-12-10(11)7-2-3-7/h4-5,7H,2-3,6H2,1H3. The van der Waals surface area contributed by atoms with Gasteiger partial charge in [0, 0.05) is 17.7 Å². The van der Waals surface area contributed by atoms with Crippen molar-refractivity contribution in [3.8, 4) is 5.75 Å². The van der Waals surface area contributed by atoms with Crippen LogP contribution in [0.3, 0.4) is 0 Å². The molecule has 0 aromatic carbocycles. The van der Waals surface area contributed by atoms with Gasteiger partial charge in [-0.1, -0.05) is 5.16 Å². The molecule has 4 heteroatoms. The number of ether oxygens (including phenoxy) is 1. The first-order chi connectivity index (χ1) is 7.40. The van der Waals surface area contributed by atoms with E-state index in [1.807, 2.05) is 12.3 Å². The van der Waals surface area contributed by atoms with Crippen LogP contribution in [0.15, 0.2) is 17.4 Å². The zero-order valence-corrected chi connectivity index (χ0v) is 8.56. The molecule has 1 aromatic heterocycles. The fourth-order valence-electron chi connectivity index (χ4n) is 1.89. The molecule has 15 heavy (non-hydrogen) atoms. The van der Waals surface area contributed by atoms with Gasteiger partial charge in [-0.25, -0.2) is 0 Å². The van der Waals surface area contributed by atoms with Crippen LogP contribution in [0.1, 0.15) is 30.0 Å². The summed E-state index contributed by atoms with van der Waals surface area (Å²) in [7, 11) is 1.55. The molecule has 1 aliphatic heterocycles. The third-order valence-electron chi connectivity index (χ3n) is 2.76. The van der Waals surface area contributed by atoms with Crippen LogP contribution in [-0.2, 0) is 4.84 Å². The number of aromatic nitrogens is 1. The van der Waals surface area contributed by atoms with Crippen molar-refractivity contribution < 1.29 is 9.57 Å². The molecule has 1 aromatic rings. The maximum Gasteiger partial charge on any atom is 0.150 e. The highest BCUT2D eigenvalue weighted by atomic mass is 16.6. The predicted molar refractivity (Wildman–Crippen MR) is 55.3 cm³/mol. The molecular formula is C11H12N2O2. The van der Waals surface area contributed by atoms with Gasteiger partial charge in [0.05, 0.1) is 5.69 Å². The molecule has 0 spiro atoms. The average molecular weight is 204 g/mol. The van der Waals surface area contributed by atoms with Gasteiger partial charge in [-0.3, -0.25) is 4.98 Å². The minimum atomic E-state index is 0.495. The molecule has 0 unspecified atom stereocenters. The molecule has 2 heterocycles. The summed E-state index contributed by atoms with van der Waals surface area (Å²) in [5, 5.41) is 3.95. The highest BCUT2D eigenvalue weighted by molar-refractivity contribution is 6.06. The topological polar surface area (TPSA) is 43.7 Å². The number of nitrogens with zero attached hydrogens (tertiary/aromatic N) is 2. The SMILES string of the molecule is CON=C1COc2c1ccnc2C1CC1. The van der Waals surface area contributed by atoms with Crippen molar-refractivity contribution in [2.75, 3.05) is 13.7 Å². The lowest BCUT2D eigenvalue weighted by atomic mass is 10.1. The van der Waals surface area contributed by atoms with E-state index in [4.69, 9.17) is 9.57 Å². The zero-order chi connectivity index (χ0) is 10.3. The van der Waals surface area contributed by atoms with Crippen LogP contribution in [0, 0.1) is 0 Å². The van der Waals surface area contributed by atoms with E-state index in [1.54, 1.807) is 7.11 Å². The summed E-state index contributed by atoms with van der Waals surface area (Å²) >= 11 is 0. The van der Waals surface area contributed by atoms with Crippen molar-refractivity contribution >= 4 is 5.71 Å². The molecule has 1 fully saturated rings.